The van der Waals surface area contributed by atoms with E-state index in [1.165, 1.54) is 11.3 Å². The highest BCUT2D eigenvalue weighted by Crippen LogP contribution is 2.24. The van der Waals surface area contributed by atoms with E-state index in [1.807, 2.05) is 30.5 Å². The minimum atomic E-state index is -0.0272. The SMILES string of the molecule is Cc1cccc(C(=O)c2sccc2Br)n1. The van der Waals surface area contributed by atoms with Gasteiger partial charge in [-0.2, -0.15) is 0 Å². The Morgan fingerprint density at radius 3 is 2.80 bits per heavy atom. The van der Waals surface area contributed by atoms with E-state index >= 15 is 0 Å². The van der Waals surface area contributed by atoms with E-state index in [1.54, 1.807) is 6.07 Å². The van der Waals surface area contributed by atoms with Crippen LogP contribution in [0.3, 0.4) is 0 Å². The molecule has 2 rings (SSSR count). The first-order valence-electron chi connectivity index (χ1n) is 4.40. The Hall–Kier alpha value is -1.000. The summed E-state index contributed by atoms with van der Waals surface area (Å²) in [7, 11) is 0. The Kier molecular flexibility index (Phi) is 2.98. The minimum Gasteiger partial charge on any atom is -0.286 e. The number of hydrogen-bond donors (Lipinski definition) is 0. The molecule has 2 nitrogen and oxygen atoms in total. The summed E-state index contributed by atoms with van der Waals surface area (Å²) in [6.07, 6.45) is 0. The molecular formula is C11H8BrNOS. The average Bonchev–Trinajstić information content (AvgIpc) is 2.63. The Morgan fingerprint density at radius 1 is 1.40 bits per heavy atom. The quantitative estimate of drug-likeness (QED) is 0.790. The molecule has 0 amide bonds. The molecule has 0 N–H and O–H groups in total. The molecule has 15 heavy (non-hydrogen) atoms. The molecule has 76 valence electrons. The number of aromatic nitrogens is 1. The van der Waals surface area contributed by atoms with Crippen LogP contribution in [-0.4, -0.2) is 10.8 Å². The summed E-state index contributed by atoms with van der Waals surface area (Å²) >= 11 is 4.77. The molecule has 0 spiro atoms. The maximum absolute atomic E-state index is 12.0. The lowest BCUT2D eigenvalue weighted by Gasteiger charge is -1.99. The van der Waals surface area contributed by atoms with Gasteiger partial charge in [0.2, 0.25) is 5.78 Å². The van der Waals surface area contributed by atoms with Gasteiger partial charge in [-0.3, -0.25) is 4.79 Å². The third-order valence-corrected chi connectivity index (χ3v) is 3.78. The molecule has 0 unspecified atom stereocenters. The predicted octanol–water partition coefficient (Wildman–Crippen LogP) is 3.45. The molecule has 0 radical (unpaired) electrons. The normalized spacial score (nSPS) is 10.3. The van der Waals surface area contributed by atoms with Crippen LogP contribution in [-0.2, 0) is 0 Å². The number of aryl methyl sites for hydroxylation is 1. The summed E-state index contributed by atoms with van der Waals surface area (Å²) in [5.41, 5.74) is 1.35. The van der Waals surface area contributed by atoms with Crippen LogP contribution in [0.1, 0.15) is 21.1 Å². The van der Waals surface area contributed by atoms with Crippen molar-refractivity contribution >= 4 is 33.0 Å². The lowest BCUT2D eigenvalue weighted by atomic mass is 10.2. The average molecular weight is 282 g/mol. The fourth-order valence-electron chi connectivity index (χ4n) is 1.24. The van der Waals surface area contributed by atoms with Gasteiger partial charge < -0.3 is 0 Å². The lowest BCUT2D eigenvalue weighted by Crippen LogP contribution is -2.03. The summed E-state index contributed by atoms with van der Waals surface area (Å²) in [6, 6.07) is 7.33. The van der Waals surface area contributed by atoms with Crippen molar-refractivity contribution in [2.24, 2.45) is 0 Å². The van der Waals surface area contributed by atoms with Crippen molar-refractivity contribution < 1.29 is 4.79 Å². The fourth-order valence-corrected chi connectivity index (χ4v) is 2.74. The van der Waals surface area contributed by atoms with Crippen LogP contribution in [0.25, 0.3) is 0 Å². The molecule has 0 saturated heterocycles. The number of nitrogens with zero attached hydrogens (tertiary/aromatic N) is 1. The summed E-state index contributed by atoms with van der Waals surface area (Å²) in [5, 5.41) is 1.88. The highest BCUT2D eigenvalue weighted by Gasteiger charge is 2.14. The van der Waals surface area contributed by atoms with Gasteiger partial charge in [0.25, 0.3) is 0 Å². The van der Waals surface area contributed by atoms with Gasteiger partial charge in [0.15, 0.2) is 0 Å². The molecule has 0 aliphatic rings. The van der Waals surface area contributed by atoms with Gasteiger partial charge in [-0.1, -0.05) is 6.07 Å². The first-order chi connectivity index (χ1) is 7.18. The largest absolute Gasteiger partial charge is 0.286 e. The van der Waals surface area contributed by atoms with E-state index in [4.69, 9.17) is 0 Å². The number of rotatable bonds is 2. The second-order valence-corrected chi connectivity index (χ2v) is 4.86. The molecule has 0 fully saturated rings. The van der Waals surface area contributed by atoms with Gasteiger partial charge in [-0.25, -0.2) is 4.98 Å². The van der Waals surface area contributed by atoms with E-state index in [2.05, 4.69) is 20.9 Å². The number of halogens is 1. The van der Waals surface area contributed by atoms with Gasteiger partial charge in [-0.05, 0) is 46.4 Å². The number of pyridine rings is 1. The van der Waals surface area contributed by atoms with Crippen molar-refractivity contribution in [2.75, 3.05) is 0 Å². The molecule has 2 aromatic rings. The maximum atomic E-state index is 12.0. The zero-order valence-electron chi connectivity index (χ0n) is 8.03. The molecule has 2 heterocycles. The molecule has 2 aromatic heterocycles. The highest BCUT2D eigenvalue weighted by molar-refractivity contribution is 9.10. The Labute approximate surface area is 100 Å². The summed E-state index contributed by atoms with van der Waals surface area (Å²) in [6.45, 7) is 1.88. The molecule has 0 aliphatic carbocycles. The molecule has 4 heteroatoms. The van der Waals surface area contributed by atoms with Crippen LogP contribution in [0.5, 0.6) is 0 Å². The topological polar surface area (TPSA) is 30.0 Å². The van der Waals surface area contributed by atoms with E-state index in [0.29, 0.717) is 10.6 Å². The number of hydrogen-bond acceptors (Lipinski definition) is 3. The number of ketones is 1. The van der Waals surface area contributed by atoms with Crippen molar-refractivity contribution in [3.05, 3.63) is 50.4 Å². The zero-order valence-corrected chi connectivity index (χ0v) is 10.4. The van der Waals surface area contributed by atoms with Crippen LogP contribution in [0.15, 0.2) is 34.1 Å². The molecule has 0 bridgehead atoms. The lowest BCUT2D eigenvalue weighted by molar-refractivity contribution is 0.103. The van der Waals surface area contributed by atoms with Crippen LogP contribution in [0.2, 0.25) is 0 Å². The summed E-state index contributed by atoms with van der Waals surface area (Å²) in [4.78, 5) is 16.9. The number of carbonyl (C=O) groups excluding carboxylic acids is 1. The highest BCUT2D eigenvalue weighted by atomic mass is 79.9. The van der Waals surface area contributed by atoms with Gasteiger partial charge in [0.05, 0.1) is 4.88 Å². The number of thiophene rings is 1. The first kappa shape index (κ1) is 10.5. The van der Waals surface area contributed by atoms with Crippen molar-refractivity contribution in [3.8, 4) is 0 Å². The second kappa shape index (κ2) is 4.24. The van der Waals surface area contributed by atoms with Crippen LogP contribution in [0, 0.1) is 6.92 Å². The third-order valence-electron chi connectivity index (χ3n) is 1.94. The number of carbonyl (C=O) groups is 1. The van der Waals surface area contributed by atoms with Crippen LogP contribution >= 0.6 is 27.3 Å². The fraction of sp³-hybridized carbons (Fsp3) is 0.0909. The van der Waals surface area contributed by atoms with Crippen LogP contribution in [0.4, 0.5) is 0 Å². The van der Waals surface area contributed by atoms with E-state index < -0.39 is 0 Å². The second-order valence-electron chi connectivity index (χ2n) is 3.09. The van der Waals surface area contributed by atoms with Gasteiger partial charge in [0.1, 0.15) is 5.69 Å². The smallest absolute Gasteiger partial charge is 0.222 e. The molecule has 0 atom stereocenters. The van der Waals surface area contributed by atoms with Crippen LogP contribution < -0.4 is 0 Å². The zero-order chi connectivity index (χ0) is 10.8. The van der Waals surface area contributed by atoms with Crippen molar-refractivity contribution in [2.45, 2.75) is 6.92 Å². The summed E-state index contributed by atoms with van der Waals surface area (Å²) < 4.78 is 0.834. The molecule has 0 aliphatic heterocycles. The van der Waals surface area contributed by atoms with Gasteiger partial charge >= 0.3 is 0 Å². The first-order valence-corrected chi connectivity index (χ1v) is 6.07. The van der Waals surface area contributed by atoms with E-state index in [-0.39, 0.29) is 5.78 Å². The van der Waals surface area contributed by atoms with Gasteiger partial charge in [-0.15, -0.1) is 11.3 Å². The van der Waals surface area contributed by atoms with Crippen molar-refractivity contribution in [3.63, 3.8) is 0 Å². The Balaban J connectivity index is 2.41. The van der Waals surface area contributed by atoms with Crippen molar-refractivity contribution in [1.82, 2.24) is 4.98 Å². The Morgan fingerprint density at radius 2 is 2.20 bits per heavy atom. The van der Waals surface area contributed by atoms with E-state index in [0.717, 1.165) is 10.2 Å². The predicted molar refractivity (Wildman–Crippen MR) is 64.4 cm³/mol. The van der Waals surface area contributed by atoms with E-state index in [9.17, 15) is 4.79 Å². The Bertz CT molecular complexity index is 507. The van der Waals surface area contributed by atoms with Crippen molar-refractivity contribution in [1.29, 1.82) is 0 Å². The third kappa shape index (κ3) is 2.16. The molecular weight excluding hydrogens is 274 g/mol. The summed E-state index contributed by atoms with van der Waals surface area (Å²) in [5.74, 6) is -0.0272. The maximum Gasteiger partial charge on any atom is 0.222 e. The van der Waals surface area contributed by atoms with Gasteiger partial charge in [0, 0.05) is 10.2 Å². The molecule has 0 aromatic carbocycles. The minimum absolute atomic E-state index is 0.0272. The monoisotopic (exact) mass is 281 g/mol. The molecule has 0 saturated carbocycles. The standard InChI is InChI=1S/C11H8BrNOS/c1-7-3-2-4-9(13-7)10(14)11-8(12)5-6-15-11/h2-6H,1H3.